The molecule has 0 fully saturated rings. The maximum absolute atomic E-state index is 10.9. The molecule has 1 aromatic carbocycles. The number of benzene rings is 1. The molecule has 0 N–H and O–H groups in total. The monoisotopic (exact) mass is 188 g/mol. The van der Waals surface area contributed by atoms with Crippen molar-refractivity contribution in [2.75, 3.05) is 0 Å². The Morgan fingerprint density at radius 1 is 1.29 bits per heavy atom. The van der Waals surface area contributed by atoms with Gasteiger partial charge in [0.25, 0.3) is 0 Å². The summed E-state index contributed by atoms with van der Waals surface area (Å²) in [6.07, 6.45) is 7.03. The minimum absolute atomic E-state index is 0.0485. The molecular formula is C13H16O. The molecule has 0 aliphatic carbocycles. The quantitative estimate of drug-likeness (QED) is 0.511. The molecule has 1 rings (SSSR count). The van der Waals surface area contributed by atoms with E-state index < -0.39 is 0 Å². The van der Waals surface area contributed by atoms with Crippen LogP contribution < -0.4 is 0 Å². The third-order valence-corrected chi connectivity index (χ3v) is 2.27. The second kappa shape index (κ2) is 6.14. The fourth-order valence-corrected chi connectivity index (χ4v) is 1.46. The number of hydrogen-bond acceptors (Lipinski definition) is 1. The lowest BCUT2D eigenvalue weighted by atomic mass is 9.96. The smallest absolute Gasteiger partial charge is 0.127 e. The zero-order valence-electron chi connectivity index (χ0n) is 8.52. The molecule has 1 unspecified atom stereocenters. The van der Waals surface area contributed by atoms with E-state index in [4.69, 9.17) is 0 Å². The third-order valence-electron chi connectivity index (χ3n) is 2.27. The molecule has 1 atom stereocenters. The van der Waals surface area contributed by atoms with Crippen molar-refractivity contribution in [3.63, 3.8) is 0 Å². The highest BCUT2D eigenvalue weighted by molar-refractivity contribution is 5.61. The Morgan fingerprint density at radius 3 is 2.57 bits per heavy atom. The van der Waals surface area contributed by atoms with E-state index in [2.05, 4.69) is 6.08 Å². The topological polar surface area (TPSA) is 17.1 Å². The van der Waals surface area contributed by atoms with E-state index in [1.54, 1.807) is 0 Å². The molecule has 1 nitrogen and oxygen atoms in total. The van der Waals surface area contributed by atoms with Gasteiger partial charge in [-0.05, 0) is 25.3 Å². The van der Waals surface area contributed by atoms with Crippen LogP contribution in [0.25, 0.3) is 0 Å². The highest BCUT2D eigenvalue weighted by Gasteiger charge is 2.07. The Balaban J connectivity index is 2.58. The van der Waals surface area contributed by atoms with E-state index in [0.29, 0.717) is 0 Å². The minimum Gasteiger partial charge on any atom is -0.303 e. The number of rotatable bonds is 5. The first kappa shape index (κ1) is 10.7. The number of hydrogen-bond donors (Lipinski definition) is 0. The van der Waals surface area contributed by atoms with Crippen LogP contribution in [0.2, 0.25) is 0 Å². The lowest BCUT2D eigenvalue weighted by Gasteiger charge is -2.08. The lowest BCUT2D eigenvalue weighted by molar-refractivity contribution is -0.109. The normalized spacial score (nSPS) is 12.9. The fourth-order valence-electron chi connectivity index (χ4n) is 1.46. The Kier molecular flexibility index (Phi) is 4.70. The lowest BCUT2D eigenvalue weighted by Crippen LogP contribution is -1.99. The molecule has 14 heavy (non-hydrogen) atoms. The van der Waals surface area contributed by atoms with Crippen molar-refractivity contribution in [1.29, 1.82) is 0 Å². The van der Waals surface area contributed by atoms with Gasteiger partial charge in [-0.25, -0.2) is 0 Å². The van der Waals surface area contributed by atoms with Crippen molar-refractivity contribution >= 4 is 6.29 Å². The summed E-state index contributed by atoms with van der Waals surface area (Å²) in [5, 5.41) is 0. The maximum Gasteiger partial charge on any atom is 0.127 e. The number of allylic oxidation sites excluding steroid dienone is 2. The molecule has 0 bridgehead atoms. The first-order valence-corrected chi connectivity index (χ1v) is 5.00. The highest BCUT2D eigenvalue weighted by Crippen LogP contribution is 2.18. The van der Waals surface area contributed by atoms with Crippen molar-refractivity contribution in [3.05, 3.63) is 48.0 Å². The molecule has 0 heterocycles. The van der Waals surface area contributed by atoms with Gasteiger partial charge in [0, 0.05) is 5.92 Å². The van der Waals surface area contributed by atoms with E-state index in [9.17, 15) is 4.79 Å². The van der Waals surface area contributed by atoms with Gasteiger partial charge in [0.15, 0.2) is 0 Å². The second-order valence-corrected chi connectivity index (χ2v) is 3.30. The Morgan fingerprint density at radius 2 is 2.00 bits per heavy atom. The predicted octanol–water partition coefficient (Wildman–Crippen LogP) is 3.33. The van der Waals surface area contributed by atoms with E-state index in [0.717, 1.165) is 24.7 Å². The highest BCUT2D eigenvalue weighted by atomic mass is 16.1. The summed E-state index contributed by atoms with van der Waals surface area (Å²) < 4.78 is 0. The molecule has 74 valence electrons. The molecule has 0 saturated carbocycles. The maximum atomic E-state index is 10.9. The van der Waals surface area contributed by atoms with Gasteiger partial charge in [-0.15, -0.1) is 0 Å². The van der Waals surface area contributed by atoms with Crippen LogP contribution in [0.3, 0.4) is 0 Å². The number of carbonyl (C=O) groups is 1. The first-order valence-electron chi connectivity index (χ1n) is 5.00. The van der Waals surface area contributed by atoms with Gasteiger partial charge in [-0.1, -0.05) is 42.5 Å². The molecule has 0 aliphatic rings. The van der Waals surface area contributed by atoms with Crippen LogP contribution in [0.5, 0.6) is 0 Å². The van der Waals surface area contributed by atoms with Crippen molar-refractivity contribution in [2.45, 2.75) is 25.7 Å². The summed E-state index contributed by atoms with van der Waals surface area (Å²) in [6, 6.07) is 9.93. The standard InChI is InChI=1S/C13H16O/c1-2-3-5-10-13(11-14)12-8-6-4-7-9-12/h2-4,6-9,11,13H,5,10H2,1H3/b3-2+. The zero-order chi connectivity index (χ0) is 10.2. The molecule has 0 spiro atoms. The molecule has 0 radical (unpaired) electrons. The molecule has 0 aromatic heterocycles. The van der Waals surface area contributed by atoms with Crippen LogP contribution in [-0.2, 0) is 4.79 Å². The third kappa shape index (κ3) is 3.17. The molecule has 1 heteroatoms. The Hall–Kier alpha value is -1.37. The van der Waals surface area contributed by atoms with Gasteiger partial charge in [-0.3, -0.25) is 0 Å². The van der Waals surface area contributed by atoms with E-state index >= 15 is 0 Å². The second-order valence-electron chi connectivity index (χ2n) is 3.30. The summed E-state index contributed by atoms with van der Waals surface area (Å²) in [4.78, 5) is 10.9. The van der Waals surface area contributed by atoms with Gasteiger partial charge >= 0.3 is 0 Å². The van der Waals surface area contributed by atoms with Crippen LogP contribution in [-0.4, -0.2) is 6.29 Å². The van der Waals surface area contributed by atoms with Gasteiger partial charge < -0.3 is 4.79 Å². The van der Waals surface area contributed by atoms with Crippen molar-refractivity contribution in [2.24, 2.45) is 0 Å². The largest absolute Gasteiger partial charge is 0.303 e. The van der Waals surface area contributed by atoms with Gasteiger partial charge in [0.05, 0.1) is 0 Å². The SMILES string of the molecule is C/C=C/CCC(C=O)c1ccccc1. The summed E-state index contributed by atoms with van der Waals surface area (Å²) in [6.45, 7) is 2.00. The average Bonchev–Trinajstić information content (AvgIpc) is 2.26. The van der Waals surface area contributed by atoms with E-state index in [1.165, 1.54) is 0 Å². The Bertz CT molecular complexity index is 287. The van der Waals surface area contributed by atoms with Crippen LogP contribution >= 0.6 is 0 Å². The van der Waals surface area contributed by atoms with Crippen molar-refractivity contribution in [1.82, 2.24) is 0 Å². The molecule has 0 aliphatic heterocycles. The molecular weight excluding hydrogens is 172 g/mol. The van der Waals surface area contributed by atoms with Crippen LogP contribution in [0, 0.1) is 0 Å². The predicted molar refractivity (Wildman–Crippen MR) is 59.3 cm³/mol. The number of aldehydes is 1. The summed E-state index contributed by atoms with van der Waals surface area (Å²) in [7, 11) is 0. The number of carbonyl (C=O) groups excluding carboxylic acids is 1. The fraction of sp³-hybridized carbons (Fsp3) is 0.308. The summed E-state index contributed by atoms with van der Waals surface area (Å²) >= 11 is 0. The van der Waals surface area contributed by atoms with Crippen LogP contribution in [0.4, 0.5) is 0 Å². The Labute approximate surface area is 85.5 Å². The van der Waals surface area contributed by atoms with E-state index in [1.807, 2.05) is 43.3 Å². The first-order chi connectivity index (χ1) is 6.88. The molecule has 0 amide bonds. The average molecular weight is 188 g/mol. The van der Waals surface area contributed by atoms with E-state index in [-0.39, 0.29) is 5.92 Å². The van der Waals surface area contributed by atoms with Crippen molar-refractivity contribution < 1.29 is 4.79 Å². The van der Waals surface area contributed by atoms with Crippen molar-refractivity contribution in [3.8, 4) is 0 Å². The van der Waals surface area contributed by atoms with Gasteiger partial charge in [-0.2, -0.15) is 0 Å². The summed E-state index contributed by atoms with van der Waals surface area (Å²) in [5.41, 5.74) is 1.12. The van der Waals surface area contributed by atoms with Gasteiger partial charge in [0.2, 0.25) is 0 Å². The molecule has 0 saturated heterocycles. The van der Waals surface area contributed by atoms with Crippen LogP contribution in [0.15, 0.2) is 42.5 Å². The zero-order valence-corrected chi connectivity index (χ0v) is 8.52. The summed E-state index contributed by atoms with van der Waals surface area (Å²) in [5.74, 6) is 0.0485. The van der Waals surface area contributed by atoms with Crippen LogP contribution in [0.1, 0.15) is 31.2 Å². The minimum atomic E-state index is 0.0485. The van der Waals surface area contributed by atoms with Gasteiger partial charge in [0.1, 0.15) is 6.29 Å². The molecule has 1 aromatic rings.